The van der Waals surface area contributed by atoms with E-state index in [9.17, 15) is 9.59 Å². The van der Waals surface area contributed by atoms with Gasteiger partial charge in [-0.1, -0.05) is 17.7 Å². The minimum Gasteiger partial charge on any atom is -0.272 e. The Kier molecular flexibility index (Phi) is 4.74. The van der Waals surface area contributed by atoms with Crippen molar-refractivity contribution in [2.24, 2.45) is 0 Å². The highest BCUT2D eigenvalue weighted by Crippen LogP contribution is 2.20. The van der Waals surface area contributed by atoms with E-state index >= 15 is 0 Å². The Bertz CT molecular complexity index is 1210. The number of hydrogen-bond acceptors (Lipinski definition) is 5. The van der Waals surface area contributed by atoms with Crippen LogP contribution < -0.4 is 10.5 Å². The van der Waals surface area contributed by atoms with E-state index in [1.807, 2.05) is 17.5 Å². The van der Waals surface area contributed by atoms with Crippen LogP contribution in [0.4, 0.5) is 5.95 Å². The zero-order valence-electron chi connectivity index (χ0n) is 15.1. The Morgan fingerprint density at radius 2 is 1.96 bits per heavy atom. The number of aromatic amines is 1. The second-order valence-electron chi connectivity index (χ2n) is 6.29. The Hall–Kier alpha value is -2.97. The van der Waals surface area contributed by atoms with Crippen molar-refractivity contribution in [2.45, 2.75) is 20.4 Å². The molecule has 1 amide bonds. The summed E-state index contributed by atoms with van der Waals surface area (Å²) in [6.45, 7) is 3.78. The molecule has 28 heavy (non-hydrogen) atoms. The van der Waals surface area contributed by atoms with Crippen LogP contribution in [-0.4, -0.2) is 25.5 Å². The minimum atomic E-state index is -0.259. The number of aromatic nitrogens is 4. The van der Waals surface area contributed by atoms with Crippen molar-refractivity contribution in [3.8, 4) is 0 Å². The summed E-state index contributed by atoms with van der Waals surface area (Å²) in [5.74, 6) is 0.219. The first-order chi connectivity index (χ1) is 13.4. The van der Waals surface area contributed by atoms with E-state index in [4.69, 9.17) is 11.6 Å². The molecule has 7 nitrogen and oxygen atoms in total. The van der Waals surface area contributed by atoms with Gasteiger partial charge in [-0.3, -0.25) is 19.6 Å². The SMILES string of the molecule is Cc1nc2nc(N(Cc3cccs3)C(=O)c3ccc(Cl)cc3)[nH]n2c(=O)c1C. The second-order valence-corrected chi connectivity index (χ2v) is 7.76. The summed E-state index contributed by atoms with van der Waals surface area (Å²) in [7, 11) is 0. The topological polar surface area (TPSA) is 83.4 Å². The lowest BCUT2D eigenvalue weighted by Gasteiger charge is -2.19. The molecule has 1 aromatic carbocycles. The van der Waals surface area contributed by atoms with Crippen LogP contribution in [0.5, 0.6) is 0 Å². The molecule has 3 heterocycles. The fraction of sp³-hybridized carbons (Fsp3) is 0.158. The van der Waals surface area contributed by atoms with Crippen LogP contribution in [0.3, 0.4) is 0 Å². The van der Waals surface area contributed by atoms with Crippen LogP contribution >= 0.6 is 22.9 Å². The number of amides is 1. The molecule has 4 aromatic rings. The average Bonchev–Trinajstić information content (AvgIpc) is 3.34. The highest BCUT2D eigenvalue weighted by molar-refractivity contribution is 7.09. The number of carbonyl (C=O) groups is 1. The number of fused-ring (bicyclic) bond motifs is 1. The van der Waals surface area contributed by atoms with Gasteiger partial charge in [0.1, 0.15) is 0 Å². The number of carbonyl (C=O) groups excluding carboxylic acids is 1. The molecule has 0 atom stereocenters. The molecule has 142 valence electrons. The van der Waals surface area contributed by atoms with Gasteiger partial charge in [-0.05, 0) is 49.6 Å². The van der Waals surface area contributed by atoms with Crippen LogP contribution in [0.15, 0.2) is 46.6 Å². The molecular weight excluding hydrogens is 398 g/mol. The normalized spacial score (nSPS) is 11.1. The smallest absolute Gasteiger partial charge is 0.272 e. The first-order valence-corrected chi connectivity index (χ1v) is 9.75. The summed E-state index contributed by atoms with van der Waals surface area (Å²) < 4.78 is 1.26. The van der Waals surface area contributed by atoms with Gasteiger partial charge in [-0.25, -0.2) is 4.98 Å². The molecule has 3 aromatic heterocycles. The number of nitrogens with zero attached hydrogens (tertiary/aromatic N) is 4. The number of nitrogens with one attached hydrogen (secondary N) is 1. The molecule has 0 aliphatic heterocycles. The molecule has 0 spiro atoms. The molecule has 9 heteroatoms. The molecule has 1 N–H and O–H groups in total. The number of hydrogen-bond donors (Lipinski definition) is 1. The third-order valence-corrected chi connectivity index (χ3v) is 5.55. The third kappa shape index (κ3) is 3.32. The average molecular weight is 414 g/mol. The minimum absolute atomic E-state index is 0.225. The van der Waals surface area contributed by atoms with Gasteiger partial charge in [0.05, 0.1) is 6.54 Å². The Morgan fingerprint density at radius 1 is 1.21 bits per heavy atom. The number of rotatable bonds is 4. The summed E-state index contributed by atoms with van der Waals surface area (Å²) in [4.78, 5) is 36.9. The van der Waals surface area contributed by atoms with Crippen molar-refractivity contribution >= 4 is 40.6 Å². The van der Waals surface area contributed by atoms with Crippen molar-refractivity contribution in [2.75, 3.05) is 4.90 Å². The van der Waals surface area contributed by atoms with E-state index < -0.39 is 0 Å². The van der Waals surface area contributed by atoms with Crippen molar-refractivity contribution in [1.82, 2.24) is 19.6 Å². The summed E-state index contributed by atoms with van der Waals surface area (Å²) >= 11 is 7.48. The Morgan fingerprint density at radius 3 is 2.64 bits per heavy atom. The number of thiophene rings is 1. The van der Waals surface area contributed by atoms with Crippen molar-refractivity contribution in [3.05, 3.63) is 78.9 Å². The van der Waals surface area contributed by atoms with Gasteiger partial charge in [-0.15, -0.1) is 11.3 Å². The van der Waals surface area contributed by atoms with E-state index in [0.29, 0.717) is 28.4 Å². The third-order valence-electron chi connectivity index (χ3n) is 4.44. The monoisotopic (exact) mass is 413 g/mol. The van der Waals surface area contributed by atoms with E-state index in [1.165, 1.54) is 20.8 Å². The predicted octanol–water partition coefficient (Wildman–Crippen LogP) is 3.60. The van der Waals surface area contributed by atoms with Gasteiger partial charge in [0, 0.05) is 26.7 Å². The van der Waals surface area contributed by atoms with Crippen LogP contribution in [0, 0.1) is 13.8 Å². The Balaban J connectivity index is 1.82. The zero-order chi connectivity index (χ0) is 19.8. The maximum absolute atomic E-state index is 13.2. The van der Waals surface area contributed by atoms with E-state index in [1.54, 1.807) is 38.1 Å². The number of aryl methyl sites for hydroxylation is 1. The molecule has 0 bridgehead atoms. The number of anilines is 1. The Labute approximate surface area is 169 Å². The number of benzene rings is 1. The molecule has 0 unspecified atom stereocenters. The molecule has 0 radical (unpaired) electrons. The molecule has 0 saturated carbocycles. The van der Waals surface area contributed by atoms with Crippen molar-refractivity contribution < 1.29 is 4.79 Å². The van der Waals surface area contributed by atoms with Crippen LogP contribution in [0.25, 0.3) is 5.78 Å². The van der Waals surface area contributed by atoms with E-state index in [0.717, 1.165) is 4.88 Å². The fourth-order valence-corrected chi connectivity index (χ4v) is 3.58. The first kappa shape index (κ1) is 18.4. The lowest BCUT2D eigenvalue weighted by Crippen LogP contribution is -2.31. The van der Waals surface area contributed by atoms with Crippen LogP contribution in [0.2, 0.25) is 5.02 Å². The molecule has 0 aliphatic rings. The van der Waals surface area contributed by atoms with Crippen molar-refractivity contribution in [1.29, 1.82) is 0 Å². The first-order valence-electron chi connectivity index (χ1n) is 8.50. The molecular formula is C19H16ClN5O2S. The van der Waals surface area contributed by atoms with Gasteiger partial charge in [-0.2, -0.15) is 9.50 Å². The number of halogens is 1. The summed E-state index contributed by atoms with van der Waals surface area (Å²) in [6.07, 6.45) is 0. The van der Waals surface area contributed by atoms with Gasteiger partial charge in [0.25, 0.3) is 17.2 Å². The highest BCUT2D eigenvalue weighted by atomic mass is 35.5. The predicted molar refractivity (Wildman–Crippen MR) is 109 cm³/mol. The molecule has 0 fully saturated rings. The maximum Gasteiger partial charge on any atom is 0.277 e. The van der Waals surface area contributed by atoms with Gasteiger partial charge < -0.3 is 0 Å². The van der Waals surface area contributed by atoms with E-state index in [2.05, 4.69) is 15.1 Å². The lowest BCUT2D eigenvalue weighted by atomic mass is 10.2. The second kappa shape index (κ2) is 7.21. The maximum atomic E-state index is 13.2. The van der Waals surface area contributed by atoms with Gasteiger partial charge >= 0.3 is 0 Å². The molecule has 4 rings (SSSR count). The standard InChI is InChI=1S/C19H16ClN5O2S/c1-11-12(2)21-18-22-19(23-25(18)16(11)26)24(10-15-4-3-9-28-15)17(27)13-5-7-14(20)8-6-13/h3-9H,10H2,1-2H3,(H,21,22,23). The molecule has 0 aliphatic carbocycles. The lowest BCUT2D eigenvalue weighted by molar-refractivity contribution is 0.0983. The van der Waals surface area contributed by atoms with Gasteiger partial charge in [0.2, 0.25) is 5.95 Å². The summed E-state index contributed by atoms with van der Waals surface area (Å²) in [6, 6.07) is 10.5. The largest absolute Gasteiger partial charge is 0.277 e. The van der Waals surface area contributed by atoms with Crippen molar-refractivity contribution in [3.63, 3.8) is 0 Å². The van der Waals surface area contributed by atoms with Crippen LogP contribution in [-0.2, 0) is 6.54 Å². The summed E-state index contributed by atoms with van der Waals surface area (Å²) in [5.41, 5.74) is 1.36. The quantitative estimate of drug-likeness (QED) is 0.554. The molecule has 0 saturated heterocycles. The van der Waals surface area contributed by atoms with E-state index in [-0.39, 0.29) is 23.2 Å². The van der Waals surface area contributed by atoms with Crippen LogP contribution in [0.1, 0.15) is 26.5 Å². The summed E-state index contributed by atoms with van der Waals surface area (Å²) in [5, 5.41) is 5.41. The zero-order valence-corrected chi connectivity index (χ0v) is 16.7. The van der Waals surface area contributed by atoms with Gasteiger partial charge in [0.15, 0.2) is 0 Å². The fourth-order valence-electron chi connectivity index (χ4n) is 2.76. The number of H-pyrrole nitrogens is 1. The highest BCUT2D eigenvalue weighted by Gasteiger charge is 2.23.